The summed E-state index contributed by atoms with van der Waals surface area (Å²) in [5, 5.41) is 9.10. The Morgan fingerprint density at radius 2 is 1.85 bits per heavy atom. The highest BCUT2D eigenvalue weighted by atomic mass is 32.2. The predicted octanol–water partition coefficient (Wildman–Crippen LogP) is 2.32. The molecule has 5 heteroatoms. The first kappa shape index (κ1) is 15.5. The van der Waals surface area contributed by atoms with E-state index in [1.165, 1.54) is 6.42 Å². The van der Waals surface area contributed by atoms with Crippen LogP contribution in [0, 0.1) is 0 Å². The molecule has 112 valence electrons. The van der Waals surface area contributed by atoms with Crippen molar-refractivity contribution >= 4 is 10.0 Å². The minimum absolute atomic E-state index is 0.0313. The first-order chi connectivity index (χ1) is 9.42. The van der Waals surface area contributed by atoms with Gasteiger partial charge in [0, 0.05) is 5.54 Å². The number of benzene rings is 1. The van der Waals surface area contributed by atoms with Gasteiger partial charge in [-0.1, -0.05) is 43.5 Å². The van der Waals surface area contributed by atoms with E-state index in [1.54, 1.807) is 24.3 Å². The van der Waals surface area contributed by atoms with Gasteiger partial charge in [0.1, 0.15) is 0 Å². The lowest BCUT2D eigenvalue weighted by Crippen LogP contribution is -2.47. The van der Waals surface area contributed by atoms with Crippen molar-refractivity contribution in [3.63, 3.8) is 0 Å². The maximum Gasteiger partial charge on any atom is 0.216 e. The van der Waals surface area contributed by atoms with Gasteiger partial charge in [0.2, 0.25) is 10.0 Å². The Hall–Kier alpha value is -0.910. The lowest BCUT2D eigenvalue weighted by Gasteiger charge is -2.34. The van der Waals surface area contributed by atoms with Gasteiger partial charge in [-0.3, -0.25) is 0 Å². The van der Waals surface area contributed by atoms with Crippen molar-refractivity contribution in [1.29, 1.82) is 0 Å². The van der Waals surface area contributed by atoms with E-state index >= 15 is 0 Å². The molecule has 0 bridgehead atoms. The van der Waals surface area contributed by atoms with Crippen LogP contribution < -0.4 is 4.72 Å². The monoisotopic (exact) mass is 297 g/mol. The summed E-state index contributed by atoms with van der Waals surface area (Å²) in [6.45, 7) is 1.92. The molecule has 20 heavy (non-hydrogen) atoms. The largest absolute Gasteiger partial charge is 0.392 e. The second-order valence-corrected chi connectivity index (χ2v) is 7.68. The number of hydrogen-bond donors (Lipinski definition) is 2. The van der Waals surface area contributed by atoms with Crippen molar-refractivity contribution in [3.05, 3.63) is 35.4 Å². The third-order valence-electron chi connectivity index (χ3n) is 3.89. The normalized spacial score (nSPS) is 18.9. The Bertz CT molecular complexity index is 548. The Morgan fingerprint density at radius 3 is 2.50 bits per heavy atom. The van der Waals surface area contributed by atoms with Crippen LogP contribution in [-0.2, 0) is 22.4 Å². The van der Waals surface area contributed by atoms with Gasteiger partial charge in [-0.2, -0.15) is 0 Å². The zero-order chi connectivity index (χ0) is 14.6. The molecule has 2 N–H and O–H groups in total. The van der Waals surface area contributed by atoms with Gasteiger partial charge < -0.3 is 5.11 Å². The number of rotatable bonds is 5. The van der Waals surface area contributed by atoms with E-state index in [0.29, 0.717) is 5.56 Å². The van der Waals surface area contributed by atoms with E-state index in [2.05, 4.69) is 4.72 Å². The van der Waals surface area contributed by atoms with Crippen molar-refractivity contribution in [2.75, 3.05) is 0 Å². The lowest BCUT2D eigenvalue weighted by molar-refractivity contribution is 0.281. The summed E-state index contributed by atoms with van der Waals surface area (Å²) in [6.07, 6.45) is 5.17. The molecule has 1 saturated carbocycles. The predicted molar refractivity (Wildman–Crippen MR) is 79.6 cm³/mol. The van der Waals surface area contributed by atoms with Gasteiger partial charge in [0.25, 0.3) is 0 Å². The molecule has 0 aromatic heterocycles. The summed E-state index contributed by atoms with van der Waals surface area (Å²) in [6, 6.07) is 7.08. The molecule has 1 aliphatic carbocycles. The third-order valence-corrected chi connectivity index (χ3v) is 5.41. The van der Waals surface area contributed by atoms with E-state index in [1.807, 2.05) is 6.92 Å². The van der Waals surface area contributed by atoms with E-state index in [4.69, 9.17) is 5.11 Å². The summed E-state index contributed by atoms with van der Waals surface area (Å²) in [5.74, 6) is -0.0313. The molecule has 1 aromatic carbocycles. The van der Waals surface area contributed by atoms with Crippen LogP contribution in [0.5, 0.6) is 0 Å². The molecule has 1 aromatic rings. The van der Waals surface area contributed by atoms with Crippen LogP contribution >= 0.6 is 0 Å². The lowest BCUT2D eigenvalue weighted by atomic mass is 9.84. The standard InChI is InChI=1S/C15H23NO3S/c1-15(8-3-2-4-9-15)16-20(18,19)12-14-7-5-6-13(10-14)11-17/h5-7,10,16-17H,2-4,8-9,11-12H2,1H3. The van der Waals surface area contributed by atoms with Crippen molar-refractivity contribution in [2.24, 2.45) is 0 Å². The van der Waals surface area contributed by atoms with Crippen LogP contribution in [0.1, 0.15) is 50.2 Å². The Labute approximate surface area is 121 Å². The summed E-state index contributed by atoms with van der Waals surface area (Å²) in [5.41, 5.74) is 1.15. The van der Waals surface area contributed by atoms with Crippen molar-refractivity contribution in [2.45, 2.75) is 56.9 Å². The zero-order valence-electron chi connectivity index (χ0n) is 11.9. The van der Waals surface area contributed by atoms with Gasteiger partial charge in [0.05, 0.1) is 12.4 Å². The summed E-state index contributed by atoms with van der Waals surface area (Å²) in [4.78, 5) is 0. The first-order valence-electron chi connectivity index (χ1n) is 7.13. The van der Waals surface area contributed by atoms with E-state index in [0.717, 1.165) is 31.2 Å². The molecular formula is C15H23NO3S. The molecule has 1 fully saturated rings. The molecule has 4 nitrogen and oxygen atoms in total. The summed E-state index contributed by atoms with van der Waals surface area (Å²) >= 11 is 0. The molecule has 2 rings (SSSR count). The van der Waals surface area contributed by atoms with Gasteiger partial charge >= 0.3 is 0 Å². The van der Waals surface area contributed by atoms with Gasteiger partial charge in [-0.05, 0) is 30.9 Å². The molecule has 0 unspecified atom stereocenters. The Kier molecular flexibility index (Phi) is 4.83. The van der Waals surface area contributed by atoms with Crippen LogP contribution in [0.4, 0.5) is 0 Å². The van der Waals surface area contributed by atoms with Gasteiger partial charge in [0.15, 0.2) is 0 Å². The van der Waals surface area contributed by atoms with Crippen molar-refractivity contribution in [1.82, 2.24) is 4.72 Å². The minimum atomic E-state index is -3.35. The van der Waals surface area contributed by atoms with Crippen LogP contribution in [0.2, 0.25) is 0 Å². The van der Waals surface area contributed by atoms with Crippen molar-refractivity contribution in [3.8, 4) is 0 Å². The number of sulfonamides is 1. The number of nitrogens with one attached hydrogen (secondary N) is 1. The average Bonchev–Trinajstić information content (AvgIpc) is 2.37. The van der Waals surface area contributed by atoms with Crippen LogP contribution in [0.15, 0.2) is 24.3 Å². The van der Waals surface area contributed by atoms with E-state index < -0.39 is 10.0 Å². The maximum absolute atomic E-state index is 12.3. The molecular weight excluding hydrogens is 274 g/mol. The van der Waals surface area contributed by atoms with E-state index in [9.17, 15) is 8.42 Å². The molecule has 0 heterocycles. The quantitative estimate of drug-likeness (QED) is 0.876. The maximum atomic E-state index is 12.3. The highest BCUT2D eigenvalue weighted by Gasteiger charge is 2.31. The molecule has 1 aliphatic rings. The second-order valence-electron chi connectivity index (χ2n) is 5.96. The van der Waals surface area contributed by atoms with Gasteiger partial charge in [-0.15, -0.1) is 0 Å². The highest BCUT2D eigenvalue weighted by Crippen LogP contribution is 2.28. The van der Waals surface area contributed by atoms with Crippen molar-refractivity contribution < 1.29 is 13.5 Å². The highest BCUT2D eigenvalue weighted by molar-refractivity contribution is 7.88. The SMILES string of the molecule is CC1(NS(=O)(=O)Cc2cccc(CO)c2)CCCCC1. The fourth-order valence-corrected chi connectivity index (χ4v) is 4.53. The fraction of sp³-hybridized carbons (Fsp3) is 0.600. The van der Waals surface area contributed by atoms with E-state index in [-0.39, 0.29) is 17.9 Å². The topological polar surface area (TPSA) is 66.4 Å². The first-order valence-corrected chi connectivity index (χ1v) is 8.78. The number of aliphatic hydroxyl groups excluding tert-OH is 1. The van der Waals surface area contributed by atoms with Crippen LogP contribution in [0.3, 0.4) is 0 Å². The summed E-state index contributed by atoms with van der Waals surface area (Å²) < 4.78 is 27.5. The Morgan fingerprint density at radius 1 is 1.20 bits per heavy atom. The Balaban J connectivity index is 2.06. The average molecular weight is 297 g/mol. The third kappa shape index (κ3) is 4.30. The van der Waals surface area contributed by atoms with Gasteiger partial charge in [-0.25, -0.2) is 13.1 Å². The minimum Gasteiger partial charge on any atom is -0.392 e. The second kappa shape index (κ2) is 6.24. The van der Waals surface area contributed by atoms with Crippen LogP contribution in [-0.4, -0.2) is 19.1 Å². The fourth-order valence-electron chi connectivity index (χ4n) is 2.88. The number of aliphatic hydroxyl groups is 1. The molecule has 0 saturated heterocycles. The molecule has 0 amide bonds. The number of hydrogen-bond acceptors (Lipinski definition) is 3. The molecule has 0 aliphatic heterocycles. The smallest absolute Gasteiger partial charge is 0.216 e. The molecule has 0 radical (unpaired) electrons. The summed E-state index contributed by atoms with van der Waals surface area (Å²) in [7, 11) is -3.35. The zero-order valence-corrected chi connectivity index (χ0v) is 12.7. The molecule has 0 spiro atoms. The molecule has 0 atom stereocenters. The van der Waals surface area contributed by atoms with Crippen LogP contribution in [0.25, 0.3) is 0 Å².